The Labute approximate surface area is 67.0 Å². The van der Waals surface area contributed by atoms with Crippen molar-refractivity contribution in [2.45, 2.75) is 23.9 Å². The molecule has 62 valence electrons. The third-order valence-electron chi connectivity index (χ3n) is 2.41. The van der Waals surface area contributed by atoms with E-state index in [0.29, 0.717) is 12.8 Å². The molecule has 11 heavy (non-hydrogen) atoms. The second-order valence-corrected chi connectivity index (χ2v) is 3.54. The number of alkyl halides is 4. The standard InChI is InChI=1S/C7H6ClF3/c8-6(9)4-2-1-3-5(4)7(6,10)11/h3-4H,1-2H2. The fourth-order valence-corrected chi connectivity index (χ4v) is 2.10. The van der Waals surface area contributed by atoms with Crippen LogP contribution < -0.4 is 0 Å². The molecule has 0 radical (unpaired) electrons. The van der Waals surface area contributed by atoms with Crippen LogP contribution >= 0.6 is 11.6 Å². The molecule has 1 fully saturated rings. The molecule has 0 heterocycles. The van der Waals surface area contributed by atoms with Gasteiger partial charge in [0, 0.05) is 11.5 Å². The molecular weight excluding hydrogens is 177 g/mol. The summed E-state index contributed by atoms with van der Waals surface area (Å²) < 4.78 is 38.3. The maximum absolute atomic E-state index is 12.9. The van der Waals surface area contributed by atoms with E-state index in [1.165, 1.54) is 6.08 Å². The molecule has 0 saturated heterocycles. The monoisotopic (exact) mass is 182 g/mol. The number of hydrogen-bond donors (Lipinski definition) is 0. The quantitative estimate of drug-likeness (QED) is 0.399. The minimum Gasteiger partial charge on any atom is -0.218 e. The van der Waals surface area contributed by atoms with Gasteiger partial charge in [-0.3, -0.25) is 0 Å². The predicted molar refractivity (Wildman–Crippen MR) is 35.4 cm³/mol. The second kappa shape index (κ2) is 1.76. The number of fused-ring (bicyclic) bond motifs is 1. The number of halogens is 4. The Bertz CT molecular complexity index is 232. The van der Waals surface area contributed by atoms with Gasteiger partial charge in [-0.1, -0.05) is 17.7 Å². The summed E-state index contributed by atoms with van der Waals surface area (Å²) in [5.74, 6) is -4.16. The van der Waals surface area contributed by atoms with Crippen molar-refractivity contribution in [2.24, 2.45) is 5.92 Å². The van der Waals surface area contributed by atoms with Gasteiger partial charge in [-0.05, 0) is 12.8 Å². The summed E-state index contributed by atoms with van der Waals surface area (Å²) in [5.41, 5.74) is -0.102. The number of allylic oxidation sites excluding steroid dienone is 2. The van der Waals surface area contributed by atoms with E-state index in [1.54, 1.807) is 0 Å². The van der Waals surface area contributed by atoms with Crippen LogP contribution in [0.1, 0.15) is 12.8 Å². The first-order chi connectivity index (χ1) is 4.98. The first-order valence-electron chi connectivity index (χ1n) is 3.44. The lowest BCUT2D eigenvalue weighted by atomic mass is 9.75. The van der Waals surface area contributed by atoms with Gasteiger partial charge in [0.05, 0.1) is 0 Å². The highest BCUT2D eigenvalue weighted by Crippen LogP contribution is 2.64. The molecule has 2 atom stereocenters. The third-order valence-corrected chi connectivity index (χ3v) is 2.91. The lowest BCUT2D eigenvalue weighted by molar-refractivity contribution is -0.145. The van der Waals surface area contributed by atoms with Crippen LogP contribution in [0.2, 0.25) is 0 Å². The molecular formula is C7H6ClF3. The Kier molecular flexibility index (Phi) is 1.20. The van der Waals surface area contributed by atoms with Gasteiger partial charge in [0.2, 0.25) is 0 Å². The van der Waals surface area contributed by atoms with Crippen LogP contribution in [-0.2, 0) is 0 Å². The minimum atomic E-state index is -3.42. The van der Waals surface area contributed by atoms with Crippen molar-refractivity contribution in [1.82, 2.24) is 0 Å². The Hall–Kier alpha value is -0.180. The minimum absolute atomic E-state index is 0.102. The Morgan fingerprint density at radius 2 is 2.09 bits per heavy atom. The third kappa shape index (κ3) is 0.632. The van der Waals surface area contributed by atoms with Crippen LogP contribution in [0.15, 0.2) is 11.6 Å². The lowest BCUT2D eigenvalue weighted by Crippen LogP contribution is -2.58. The SMILES string of the molecule is FC1(F)C2=CCCC2C1(F)Cl. The summed E-state index contributed by atoms with van der Waals surface area (Å²) >= 11 is 5.04. The van der Waals surface area contributed by atoms with E-state index in [0.717, 1.165) is 0 Å². The fourth-order valence-electron chi connectivity index (χ4n) is 1.76. The maximum Gasteiger partial charge on any atom is 0.317 e. The molecule has 2 aliphatic rings. The van der Waals surface area contributed by atoms with Crippen molar-refractivity contribution in [3.05, 3.63) is 11.6 Å². The van der Waals surface area contributed by atoms with Crippen LogP contribution in [0.5, 0.6) is 0 Å². The van der Waals surface area contributed by atoms with Gasteiger partial charge >= 0.3 is 5.92 Å². The van der Waals surface area contributed by atoms with E-state index in [2.05, 4.69) is 0 Å². The zero-order valence-electron chi connectivity index (χ0n) is 5.58. The molecule has 4 heteroatoms. The van der Waals surface area contributed by atoms with E-state index in [9.17, 15) is 13.2 Å². The number of rotatable bonds is 0. The van der Waals surface area contributed by atoms with Gasteiger partial charge in [-0.25, -0.2) is 4.39 Å². The van der Waals surface area contributed by atoms with Crippen LogP contribution in [0.4, 0.5) is 13.2 Å². The van der Waals surface area contributed by atoms with Gasteiger partial charge in [0.1, 0.15) is 0 Å². The Morgan fingerprint density at radius 3 is 2.64 bits per heavy atom. The molecule has 1 saturated carbocycles. The summed E-state index contributed by atoms with van der Waals surface area (Å²) in [7, 11) is 0. The van der Waals surface area contributed by atoms with Gasteiger partial charge in [-0.15, -0.1) is 0 Å². The second-order valence-electron chi connectivity index (χ2n) is 2.99. The van der Waals surface area contributed by atoms with Crippen molar-refractivity contribution in [1.29, 1.82) is 0 Å². The van der Waals surface area contributed by atoms with Crippen molar-refractivity contribution < 1.29 is 13.2 Å². The van der Waals surface area contributed by atoms with Crippen LogP contribution in [0.3, 0.4) is 0 Å². The average molecular weight is 183 g/mol. The van der Waals surface area contributed by atoms with E-state index >= 15 is 0 Å². The highest BCUT2D eigenvalue weighted by Gasteiger charge is 2.73. The first-order valence-corrected chi connectivity index (χ1v) is 3.82. The van der Waals surface area contributed by atoms with E-state index in [4.69, 9.17) is 11.6 Å². The molecule has 2 aliphatic carbocycles. The van der Waals surface area contributed by atoms with Gasteiger partial charge in [0.15, 0.2) is 0 Å². The predicted octanol–water partition coefficient (Wildman–Crippen LogP) is 2.88. The molecule has 0 aliphatic heterocycles. The average Bonchev–Trinajstić information content (AvgIpc) is 2.32. The summed E-state index contributed by atoms with van der Waals surface area (Å²) in [5, 5.41) is -2.81. The Balaban J connectivity index is 2.37. The zero-order valence-corrected chi connectivity index (χ0v) is 6.34. The molecule has 0 N–H and O–H groups in total. The first kappa shape index (κ1) is 7.47. The van der Waals surface area contributed by atoms with Crippen LogP contribution in [-0.4, -0.2) is 11.1 Å². The van der Waals surface area contributed by atoms with E-state index in [1.807, 2.05) is 0 Å². The van der Waals surface area contributed by atoms with E-state index in [-0.39, 0.29) is 5.57 Å². The largest absolute Gasteiger partial charge is 0.317 e. The van der Waals surface area contributed by atoms with Crippen LogP contribution in [0.25, 0.3) is 0 Å². The molecule has 0 aromatic rings. The van der Waals surface area contributed by atoms with Crippen molar-refractivity contribution in [2.75, 3.05) is 0 Å². The fraction of sp³-hybridized carbons (Fsp3) is 0.714. The molecule has 0 amide bonds. The molecule has 2 rings (SSSR count). The lowest BCUT2D eigenvalue weighted by Gasteiger charge is -2.45. The topological polar surface area (TPSA) is 0 Å². The van der Waals surface area contributed by atoms with Gasteiger partial charge < -0.3 is 0 Å². The van der Waals surface area contributed by atoms with Crippen molar-refractivity contribution >= 4 is 11.6 Å². The Morgan fingerprint density at radius 1 is 1.45 bits per heavy atom. The van der Waals surface area contributed by atoms with Crippen molar-refractivity contribution in [3.8, 4) is 0 Å². The normalized spacial score (nSPS) is 46.2. The molecule has 2 unspecified atom stereocenters. The highest BCUT2D eigenvalue weighted by atomic mass is 35.5. The molecule has 0 nitrogen and oxygen atoms in total. The van der Waals surface area contributed by atoms with Gasteiger partial charge in [-0.2, -0.15) is 8.78 Å². The smallest absolute Gasteiger partial charge is 0.218 e. The molecule has 0 bridgehead atoms. The van der Waals surface area contributed by atoms with Crippen molar-refractivity contribution in [3.63, 3.8) is 0 Å². The maximum atomic E-state index is 12.9. The molecule has 0 aromatic carbocycles. The van der Waals surface area contributed by atoms with Gasteiger partial charge in [0.25, 0.3) is 5.13 Å². The van der Waals surface area contributed by atoms with Crippen LogP contribution in [0, 0.1) is 5.92 Å². The summed E-state index contributed by atoms with van der Waals surface area (Å²) in [6.07, 6.45) is 2.34. The van der Waals surface area contributed by atoms with E-state index < -0.39 is 17.0 Å². The number of hydrogen-bond acceptors (Lipinski definition) is 0. The summed E-state index contributed by atoms with van der Waals surface area (Å²) in [6.45, 7) is 0. The molecule has 0 spiro atoms. The highest BCUT2D eigenvalue weighted by molar-refractivity contribution is 6.25. The molecule has 0 aromatic heterocycles. The zero-order chi connectivity index (χ0) is 8.28. The summed E-state index contributed by atoms with van der Waals surface area (Å²) in [6, 6.07) is 0. The summed E-state index contributed by atoms with van der Waals surface area (Å²) in [4.78, 5) is 0.